The number of nitrogens with one attached hydrogen (secondary N) is 2. The number of urea groups is 1. The minimum Gasteiger partial charge on any atom is -0.508 e. The Morgan fingerprint density at radius 1 is 1.22 bits per heavy atom. The molecule has 2 aromatic rings. The summed E-state index contributed by atoms with van der Waals surface area (Å²) in [5, 5.41) is 29.0. The van der Waals surface area contributed by atoms with Gasteiger partial charge < -0.3 is 25.7 Å². The molecule has 0 aliphatic heterocycles. The molecule has 1 aromatic carbocycles. The topological polar surface area (TPSA) is 84.8 Å². The summed E-state index contributed by atoms with van der Waals surface area (Å²) in [5.74, 6) is 0.0970. The lowest BCUT2D eigenvalue weighted by molar-refractivity contribution is 0.229. The third kappa shape index (κ3) is 6.86. The lowest BCUT2D eigenvalue weighted by Gasteiger charge is -2.25. The van der Waals surface area contributed by atoms with Crippen LogP contribution in [-0.4, -0.2) is 53.9 Å². The van der Waals surface area contributed by atoms with Gasteiger partial charge in [0.05, 0.1) is 6.61 Å². The highest BCUT2D eigenvalue weighted by molar-refractivity contribution is 7.07. The minimum atomic E-state index is -0.199. The van der Waals surface area contributed by atoms with Crippen molar-refractivity contribution in [1.82, 2.24) is 15.5 Å². The molecule has 7 heteroatoms. The SMILES string of the molecule is C[C@@H](Cc1ccsc1)NC(=O)NC[C@H](Cc1ccc(O)c(CO)c1)N(C)C. The van der Waals surface area contributed by atoms with Gasteiger partial charge in [0.2, 0.25) is 0 Å². The van der Waals surface area contributed by atoms with Crippen LogP contribution in [0.25, 0.3) is 0 Å². The number of aliphatic hydroxyl groups is 1. The van der Waals surface area contributed by atoms with Crippen molar-refractivity contribution >= 4 is 17.4 Å². The number of aliphatic hydroxyl groups excluding tert-OH is 1. The molecular weight excluding hydrogens is 362 g/mol. The van der Waals surface area contributed by atoms with E-state index < -0.39 is 0 Å². The Morgan fingerprint density at radius 3 is 2.63 bits per heavy atom. The van der Waals surface area contributed by atoms with Gasteiger partial charge in [-0.05, 0) is 73.9 Å². The van der Waals surface area contributed by atoms with Crippen LogP contribution in [0.3, 0.4) is 0 Å². The molecule has 0 saturated heterocycles. The fourth-order valence-electron chi connectivity index (χ4n) is 2.90. The van der Waals surface area contributed by atoms with Gasteiger partial charge in [-0.1, -0.05) is 6.07 Å². The van der Waals surface area contributed by atoms with E-state index in [1.54, 1.807) is 23.5 Å². The molecule has 27 heavy (non-hydrogen) atoms. The van der Waals surface area contributed by atoms with Crippen LogP contribution in [0.1, 0.15) is 23.6 Å². The summed E-state index contributed by atoms with van der Waals surface area (Å²) in [6.07, 6.45) is 1.51. The molecule has 0 fully saturated rings. The highest BCUT2D eigenvalue weighted by atomic mass is 32.1. The predicted octanol–water partition coefficient (Wildman–Crippen LogP) is 2.35. The summed E-state index contributed by atoms with van der Waals surface area (Å²) in [6.45, 7) is 2.29. The molecule has 0 bridgehead atoms. The van der Waals surface area contributed by atoms with E-state index in [-0.39, 0.29) is 30.5 Å². The maximum Gasteiger partial charge on any atom is 0.315 e. The molecule has 2 atom stereocenters. The molecule has 148 valence electrons. The summed E-state index contributed by atoms with van der Waals surface area (Å²) in [4.78, 5) is 14.3. The molecule has 1 heterocycles. The standard InChI is InChI=1S/C20H29N3O3S/c1-14(8-16-6-7-27-13-16)22-20(26)21-11-18(23(2)3)10-15-4-5-19(25)17(9-15)12-24/h4-7,9,13-14,18,24-25H,8,10-12H2,1-3H3,(H2,21,22,26)/t14-,18-/m0/s1. The number of benzene rings is 1. The highest BCUT2D eigenvalue weighted by Gasteiger charge is 2.16. The van der Waals surface area contributed by atoms with Crippen LogP contribution in [0.4, 0.5) is 4.79 Å². The third-order valence-corrected chi connectivity index (χ3v) is 5.25. The highest BCUT2D eigenvalue weighted by Crippen LogP contribution is 2.19. The maximum atomic E-state index is 12.2. The van der Waals surface area contributed by atoms with Crippen molar-refractivity contribution in [3.8, 4) is 5.75 Å². The van der Waals surface area contributed by atoms with Crippen LogP contribution in [-0.2, 0) is 19.4 Å². The largest absolute Gasteiger partial charge is 0.508 e. The first-order chi connectivity index (χ1) is 12.9. The second-order valence-corrected chi connectivity index (χ2v) is 7.81. The number of thiophene rings is 1. The van der Waals surface area contributed by atoms with Gasteiger partial charge in [0.1, 0.15) is 5.75 Å². The number of carbonyl (C=O) groups excluding carboxylic acids is 1. The second kappa shape index (κ2) is 10.3. The number of hydrogen-bond acceptors (Lipinski definition) is 5. The Balaban J connectivity index is 1.85. The average Bonchev–Trinajstić information content (AvgIpc) is 3.12. The van der Waals surface area contributed by atoms with Crippen LogP contribution in [0.15, 0.2) is 35.0 Å². The molecule has 2 rings (SSSR count). The molecule has 4 N–H and O–H groups in total. The lowest BCUT2D eigenvalue weighted by Crippen LogP contribution is -2.47. The van der Waals surface area contributed by atoms with Crippen molar-refractivity contribution in [2.24, 2.45) is 0 Å². The van der Waals surface area contributed by atoms with Crippen molar-refractivity contribution in [2.75, 3.05) is 20.6 Å². The molecule has 6 nitrogen and oxygen atoms in total. The zero-order valence-corrected chi connectivity index (χ0v) is 16.9. The van der Waals surface area contributed by atoms with Crippen LogP contribution < -0.4 is 10.6 Å². The fraction of sp³-hybridized carbons (Fsp3) is 0.450. The third-order valence-electron chi connectivity index (χ3n) is 4.51. The summed E-state index contributed by atoms with van der Waals surface area (Å²) >= 11 is 1.66. The number of nitrogens with zero attached hydrogens (tertiary/aromatic N) is 1. The van der Waals surface area contributed by atoms with Crippen molar-refractivity contribution in [1.29, 1.82) is 0 Å². The number of phenols is 1. The Hall–Kier alpha value is -2.09. The Labute approximate surface area is 164 Å². The van der Waals surface area contributed by atoms with Gasteiger partial charge in [-0.15, -0.1) is 0 Å². The van der Waals surface area contributed by atoms with Gasteiger partial charge in [-0.3, -0.25) is 0 Å². The fourth-order valence-corrected chi connectivity index (χ4v) is 3.58. The summed E-state index contributed by atoms with van der Waals surface area (Å²) in [5.41, 5.74) is 2.74. The van der Waals surface area contributed by atoms with E-state index >= 15 is 0 Å². The van der Waals surface area contributed by atoms with Gasteiger partial charge in [0, 0.05) is 24.2 Å². The smallest absolute Gasteiger partial charge is 0.315 e. The van der Waals surface area contributed by atoms with Crippen LogP contribution in [0, 0.1) is 0 Å². The zero-order chi connectivity index (χ0) is 19.8. The number of likely N-dealkylation sites (N-methyl/N-ethyl adjacent to an activating group) is 1. The Morgan fingerprint density at radius 2 is 2.00 bits per heavy atom. The molecule has 0 spiro atoms. The normalized spacial score (nSPS) is 13.4. The number of carbonyl (C=O) groups is 1. The van der Waals surface area contributed by atoms with E-state index in [0.717, 1.165) is 12.0 Å². The quantitative estimate of drug-likeness (QED) is 0.529. The molecular formula is C20H29N3O3S. The summed E-state index contributed by atoms with van der Waals surface area (Å²) in [7, 11) is 3.94. The molecule has 1 aromatic heterocycles. The predicted molar refractivity (Wildman–Crippen MR) is 109 cm³/mol. The van der Waals surface area contributed by atoms with E-state index in [1.807, 2.05) is 32.5 Å². The van der Waals surface area contributed by atoms with E-state index in [4.69, 9.17) is 0 Å². The van der Waals surface area contributed by atoms with Gasteiger partial charge in [-0.25, -0.2) is 4.79 Å². The average molecular weight is 392 g/mol. The van der Waals surface area contributed by atoms with Crippen molar-refractivity contribution in [3.63, 3.8) is 0 Å². The zero-order valence-electron chi connectivity index (χ0n) is 16.1. The number of amides is 2. The van der Waals surface area contributed by atoms with Crippen molar-refractivity contribution in [2.45, 2.75) is 38.5 Å². The molecule has 0 aliphatic rings. The molecule has 0 aliphatic carbocycles. The first kappa shape index (κ1) is 21.2. The molecule has 0 saturated carbocycles. The van der Waals surface area contributed by atoms with E-state index in [0.29, 0.717) is 18.5 Å². The van der Waals surface area contributed by atoms with Crippen LogP contribution in [0.5, 0.6) is 5.75 Å². The molecule has 0 unspecified atom stereocenters. The summed E-state index contributed by atoms with van der Waals surface area (Å²) < 4.78 is 0. The minimum absolute atomic E-state index is 0.0571. The van der Waals surface area contributed by atoms with Crippen LogP contribution >= 0.6 is 11.3 Å². The molecule has 0 radical (unpaired) electrons. The van der Waals surface area contributed by atoms with Gasteiger partial charge in [0.15, 0.2) is 0 Å². The maximum absolute atomic E-state index is 12.2. The van der Waals surface area contributed by atoms with Gasteiger partial charge in [0.25, 0.3) is 0 Å². The van der Waals surface area contributed by atoms with E-state index in [2.05, 4.69) is 27.0 Å². The van der Waals surface area contributed by atoms with Crippen LogP contribution in [0.2, 0.25) is 0 Å². The van der Waals surface area contributed by atoms with Gasteiger partial charge >= 0.3 is 6.03 Å². The molecule has 2 amide bonds. The summed E-state index contributed by atoms with van der Waals surface area (Å²) in [6, 6.07) is 7.29. The lowest BCUT2D eigenvalue weighted by atomic mass is 10.0. The number of rotatable bonds is 9. The second-order valence-electron chi connectivity index (χ2n) is 7.03. The van der Waals surface area contributed by atoms with E-state index in [1.165, 1.54) is 5.56 Å². The van der Waals surface area contributed by atoms with Crippen molar-refractivity contribution < 1.29 is 15.0 Å². The number of aromatic hydroxyl groups is 1. The Kier molecular flexibility index (Phi) is 8.09. The first-order valence-corrected chi connectivity index (χ1v) is 9.96. The van der Waals surface area contributed by atoms with Crippen molar-refractivity contribution in [3.05, 3.63) is 51.7 Å². The monoisotopic (exact) mass is 391 g/mol. The van der Waals surface area contributed by atoms with E-state index in [9.17, 15) is 15.0 Å². The Bertz CT molecular complexity index is 719. The first-order valence-electron chi connectivity index (χ1n) is 9.02. The number of hydrogen-bond donors (Lipinski definition) is 4. The van der Waals surface area contributed by atoms with Gasteiger partial charge in [-0.2, -0.15) is 11.3 Å².